The predicted molar refractivity (Wildman–Crippen MR) is 73.6 cm³/mol. The molecular weight excluding hydrogens is 242 g/mol. The van der Waals surface area contributed by atoms with E-state index >= 15 is 0 Å². The lowest BCUT2D eigenvalue weighted by Crippen LogP contribution is -2.38. The van der Waals surface area contributed by atoms with Crippen LogP contribution in [0.3, 0.4) is 0 Å². The second-order valence-electron chi connectivity index (χ2n) is 5.47. The molecule has 0 aromatic rings. The molecule has 0 radical (unpaired) electrons. The molecular formula is C14H23N3O2. The summed E-state index contributed by atoms with van der Waals surface area (Å²) >= 11 is 0. The van der Waals surface area contributed by atoms with E-state index in [0.29, 0.717) is 0 Å². The molecule has 5 heteroatoms. The van der Waals surface area contributed by atoms with E-state index in [0.717, 1.165) is 57.1 Å². The molecule has 0 bridgehead atoms. The normalized spacial score (nSPS) is 20.1. The van der Waals surface area contributed by atoms with Crippen LogP contribution in [0.4, 0.5) is 0 Å². The highest BCUT2D eigenvalue weighted by molar-refractivity contribution is 5.89. The molecule has 2 N–H and O–H groups in total. The fraction of sp³-hybridized carbons (Fsp3) is 0.786. The van der Waals surface area contributed by atoms with Gasteiger partial charge < -0.3 is 5.32 Å². The van der Waals surface area contributed by atoms with E-state index in [9.17, 15) is 9.59 Å². The molecule has 0 unspecified atom stereocenters. The molecule has 0 atom stereocenters. The summed E-state index contributed by atoms with van der Waals surface area (Å²) < 4.78 is 0. The SMILES string of the molecule is O=C(CNC(=O)C1CCCCC1)NN=C1CCCC1. The van der Waals surface area contributed by atoms with Gasteiger partial charge in [-0.2, -0.15) is 5.10 Å². The summed E-state index contributed by atoms with van der Waals surface area (Å²) in [7, 11) is 0. The quantitative estimate of drug-likeness (QED) is 0.760. The van der Waals surface area contributed by atoms with Crippen molar-refractivity contribution in [3.63, 3.8) is 0 Å². The van der Waals surface area contributed by atoms with Gasteiger partial charge in [0.05, 0.1) is 6.54 Å². The van der Waals surface area contributed by atoms with E-state index in [1.165, 1.54) is 6.42 Å². The first kappa shape index (κ1) is 14.0. The van der Waals surface area contributed by atoms with Gasteiger partial charge >= 0.3 is 0 Å². The maximum absolute atomic E-state index is 11.8. The molecule has 19 heavy (non-hydrogen) atoms. The van der Waals surface area contributed by atoms with Gasteiger partial charge in [0.1, 0.15) is 0 Å². The Hall–Kier alpha value is -1.39. The monoisotopic (exact) mass is 265 g/mol. The van der Waals surface area contributed by atoms with Crippen LogP contribution in [-0.2, 0) is 9.59 Å². The van der Waals surface area contributed by atoms with Crippen molar-refractivity contribution in [3.8, 4) is 0 Å². The number of amides is 2. The van der Waals surface area contributed by atoms with Crippen molar-refractivity contribution in [1.29, 1.82) is 0 Å². The van der Waals surface area contributed by atoms with Crippen LogP contribution < -0.4 is 10.7 Å². The fourth-order valence-corrected chi connectivity index (χ4v) is 2.75. The lowest BCUT2D eigenvalue weighted by Gasteiger charge is -2.20. The molecule has 0 aromatic carbocycles. The summed E-state index contributed by atoms with van der Waals surface area (Å²) in [5, 5.41) is 6.79. The minimum atomic E-state index is -0.233. The minimum absolute atomic E-state index is 0.0170. The van der Waals surface area contributed by atoms with Gasteiger partial charge in [-0.15, -0.1) is 0 Å². The van der Waals surface area contributed by atoms with Crippen LogP contribution >= 0.6 is 0 Å². The van der Waals surface area contributed by atoms with Crippen molar-refractivity contribution < 1.29 is 9.59 Å². The number of carbonyl (C=O) groups is 2. The second kappa shape index (κ2) is 7.26. The van der Waals surface area contributed by atoms with Crippen LogP contribution in [0, 0.1) is 5.92 Å². The maximum Gasteiger partial charge on any atom is 0.259 e. The molecule has 0 spiro atoms. The number of nitrogens with zero attached hydrogens (tertiary/aromatic N) is 1. The Bertz CT molecular complexity index is 352. The highest BCUT2D eigenvalue weighted by atomic mass is 16.2. The van der Waals surface area contributed by atoms with Crippen molar-refractivity contribution in [3.05, 3.63) is 0 Å². The number of hydrazone groups is 1. The molecule has 2 fully saturated rings. The van der Waals surface area contributed by atoms with Gasteiger partial charge in [0.15, 0.2) is 0 Å². The molecule has 2 saturated carbocycles. The Kier molecular flexibility index (Phi) is 5.36. The van der Waals surface area contributed by atoms with Gasteiger partial charge in [0.25, 0.3) is 5.91 Å². The van der Waals surface area contributed by atoms with Crippen LogP contribution in [0.5, 0.6) is 0 Å². The molecule has 106 valence electrons. The summed E-state index contributed by atoms with van der Waals surface area (Å²) in [5.74, 6) is -0.116. The molecule has 2 amide bonds. The topological polar surface area (TPSA) is 70.6 Å². The third-order valence-electron chi connectivity index (χ3n) is 3.92. The van der Waals surface area contributed by atoms with E-state index in [2.05, 4.69) is 15.8 Å². The molecule has 5 nitrogen and oxygen atoms in total. The Balaban J connectivity index is 1.65. The van der Waals surface area contributed by atoms with Crippen molar-refractivity contribution in [2.24, 2.45) is 11.0 Å². The van der Waals surface area contributed by atoms with Crippen molar-refractivity contribution in [1.82, 2.24) is 10.7 Å². The number of hydrogen-bond donors (Lipinski definition) is 2. The molecule has 2 rings (SSSR count). The average molecular weight is 265 g/mol. The number of hydrogen-bond acceptors (Lipinski definition) is 3. The lowest BCUT2D eigenvalue weighted by atomic mass is 9.89. The van der Waals surface area contributed by atoms with Gasteiger partial charge in [0, 0.05) is 11.6 Å². The summed E-state index contributed by atoms with van der Waals surface area (Å²) in [6.45, 7) is 0.0338. The second-order valence-corrected chi connectivity index (χ2v) is 5.47. The lowest BCUT2D eigenvalue weighted by molar-refractivity contribution is -0.129. The zero-order valence-corrected chi connectivity index (χ0v) is 11.4. The van der Waals surface area contributed by atoms with Gasteiger partial charge in [-0.3, -0.25) is 9.59 Å². The van der Waals surface area contributed by atoms with Gasteiger partial charge in [-0.05, 0) is 38.5 Å². The third kappa shape index (κ3) is 4.65. The fourth-order valence-electron chi connectivity index (χ4n) is 2.75. The first-order valence-electron chi connectivity index (χ1n) is 7.37. The standard InChI is InChI=1S/C14H23N3O2/c18-13(17-16-12-8-4-5-9-12)10-15-14(19)11-6-2-1-3-7-11/h11H,1-10H2,(H,15,19)(H,17,18). The third-order valence-corrected chi connectivity index (χ3v) is 3.92. The van der Waals surface area contributed by atoms with E-state index < -0.39 is 0 Å². The van der Waals surface area contributed by atoms with Gasteiger partial charge in [-0.1, -0.05) is 19.3 Å². The van der Waals surface area contributed by atoms with Crippen LogP contribution in [-0.4, -0.2) is 24.1 Å². The molecule has 2 aliphatic carbocycles. The van der Waals surface area contributed by atoms with E-state index in [1.54, 1.807) is 0 Å². The van der Waals surface area contributed by atoms with Crippen molar-refractivity contribution in [2.45, 2.75) is 57.8 Å². The van der Waals surface area contributed by atoms with Gasteiger partial charge in [-0.25, -0.2) is 5.43 Å². The molecule has 0 aromatic heterocycles. The first-order valence-corrected chi connectivity index (χ1v) is 7.37. The summed E-state index contributed by atoms with van der Waals surface area (Å²) in [6.07, 6.45) is 9.66. The highest BCUT2D eigenvalue weighted by Crippen LogP contribution is 2.23. The van der Waals surface area contributed by atoms with Crippen molar-refractivity contribution >= 4 is 17.5 Å². The first-order chi connectivity index (χ1) is 9.25. The predicted octanol–water partition coefficient (Wildman–Crippen LogP) is 1.73. The highest BCUT2D eigenvalue weighted by Gasteiger charge is 2.21. The molecule has 0 saturated heterocycles. The van der Waals surface area contributed by atoms with E-state index in [-0.39, 0.29) is 24.3 Å². The molecule has 0 heterocycles. The zero-order valence-electron chi connectivity index (χ0n) is 11.4. The average Bonchev–Trinajstić information content (AvgIpc) is 2.96. The minimum Gasteiger partial charge on any atom is -0.347 e. The summed E-state index contributed by atoms with van der Waals surface area (Å²) in [5.41, 5.74) is 3.58. The van der Waals surface area contributed by atoms with Crippen molar-refractivity contribution in [2.75, 3.05) is 6.54 Å². The molecule has 2 aliphatic rings. The van der Waals surface area contributed by atoms with Gasteiger partial charge in [0.2, 0.25) is 5.91 Å². The van der Waals surface area contributed by atoms with Crippen LogP contribution in [0.15, 0.2) is 5.10 Å². The molecule has 0 aliphatic heterocycles. The number of rotatable bonds is 4. The zero-order chi connectivity index (χ0) is 13.5. The Labute approximate surface area is 114 Å². The summed E-state index contributed by atoms with van der Waals surface area (Å²) in [6, 6.07) is 0. The van der Waals surface area contributed by atoms with Crippen LogP contribution in [0.25, 0.3) is 0 Å². The maximum atomic E-state index is 11.8. The number of carbonyl (C=O) groups excluding carboxylic acids is 2. The summed E-state index contributed by atoms with van der Waals surface area (Å²) in [4.78, 5) is 23.4. The van der Waals surface area contributed by atoms with E-state index in [4.69, 9.17) is 0 Å². The van der Waals surface area contributed by atoms with E-state index in [1.807, 2.05) is 0 Å². The van der Waals surface area contributed by atoms with Crippen LogP contribution in [0.1, 0.15) is 57.8 Å². The Morgan fingerprint density at radius 2 is 1.74 bits per heavy atom. The largest absolute Gasteiger partial charge is 0.347 e. The van der Waals surface area contributed by atoms with Crippen LogP contribution in [0.2, 0.25) is 0 Å². The Morgan fingerprint density at radius 3 is 2.42 bits per heavy atom. The smallest absolute Gasteiger partial charge is 0.259 e. The Morgan fingerprint density at radius 1 is 1.05 bits per heavy atom. The number of nitrogens with one attached hydrogen (secondary N) is 2.